The first-order valence-electron chi connectivity index (χ1n) is 3.82. The van der Waals surface area contributed by atoms with Crippen molar-refractivity contribution in [3.63, 3.8) is 0 Å². The highest BCUT2D eigenvalue weighted by molar-refractivity contribution is 5.90. The molecule has 66 valence electrons. The number of nitrogens with one attached hydrogen (secondary N) is 1. The molecule has 4 nitrogen and oxygen atoms in total. The second kappa shape index (κ2) is 3.38. The molecule has 0 radical (unpaired) electrons. The largest absolute Gasteiger partial charge is 0.459 e. The van der Waals surface area contributed by atoms with Crippen molar-refractivity contribution in [1.82, 2.24) is 10.2 Å². The summed E-state index contributed by atoms with van der Waals surface area (Å²) in [6.45, 7) is 5.41. The van der Waals surface area contributed by atoms with Crippen LogP contribution in [0.3, 0.4) is 0 Å². The van der Waals surface area contributed by atoms with Gasteiger partial charge in [0.1, 0.15) is 5.56 Å². The number of carbonyl (C=O) groups excluding carboxylic acids is 1. The molecule has 1 N–H and O–H groups in total. The van der Waals surface area contributed by atoms with Gasteiger partial charge in [0, 0.05) is 5.69 Å². The summed E-state index contributed by atoms with van der Waals surface area (Å²) in [6.07, 6.45) is 1.38. The van der Waals surface area contributed by atoms with Gasteiger partial charge in [-0.2, -0.15) is 5.10 Å². The summed E-state index contributed by atoms with van der Waals surface area (Å²) in [7, 11) is 0. The Labute approximate surface area is 70.9 Å². The lowest BCUT2D eigenvalue weighted by Crippen LogP contribution is -2.11. The number of ether oxygens (including phenoxy) is 1. The quantitative estimate of drug-likeness (QED) is 0.677. The van der Waals surface area contributed by atoms with Gasteiger partial charge in [-0.1, -0.05) is 0 Å². The summed E-state index contributed by atoms with van der Waals surface area (Å²) in [5.41, 5.74) is 1.24. The highest BCUT2D eigenvalue weighted by atomic mass is 16.5. The molecule has 0 aliphatic carbocycles. The predicted octanol–water partition coefficient (Wildman–Crippen LogP) is 1.28. The van der Waals surface area contributed by atoms with Crippen LogP contribution in [0.2, 0.25) is 0 Å². The van der Waals surface area contributed by atoms with E-state index in [4.69, 9.17) is 4.74 Å². The molecule has 12 heavy (non-hydrogen) atoms. The number of hydrogen-bond acceptors (Lipinski definition) is 3. The second-order valence-corrected chi connectivity index (χ2v) is 2.86. The normalized spacial score (nSPS) is 10.3. The highest BCUT2D eigenvalue weighted by Gasteiger charge is 2.12. The molecule has 0 fully saturated rings. The summed E-state index contributed by atoms with van der Waals surface area (Å²) < 4.78 is 4.98. The zero-order valence-electron chi connectivity index (χ0n) is 7.42. The molecule has 1 rings (SSSR count). The lowest BCUT2D eigenvalue weighted by atomic mass is 10.3. The van der Waals surface area contributed by atoms with Gasteiger partial charge in [0.2, 0.25) is 0 Å². The highest BCUT2D eigenvalue weighted by Crippen LogP contribution is 2.05. The van der Waals surface area contributed by atoms with Crippen LogP contribution in [0.15, 0.2) is 6.20 Å². The minimum atomic E-state index is -0.323. The SMILES string of the molecule is Cc1[nH]ncc1C(=O)OC(C)C. The topological polar surface area (TPSA) is 55.0 Å². The fourth-order valence-electron chi connectivity index (χ4n) is 0.834. The molecular weight excluding hydrogens is 156 g/mol. The standard InChI is InChI=1S/C8H12N2O2/c1-5(2)12-8(11)7-4-9-10-6(7)3/h4-5H,1-3H3,(H,9,10). The Kier molecular flexibility index (Phi) is 2.47. The van der Waals surface area contributed by atoms with Crippen molar-refractivity contribution in [3.8, 4) is 0 Å². The van der Waals surface area contributed by atoms with Crippen molar-refractivity contribution >= 4 is 5.97 Å². The Balaban J connectivity index is 2.72. The van der Waals surface area contributed by atoms with Crippen LogP contribution < -0.4 is 0 Å². The minimum absolute atomic E-state index is 0.0909. The molecular formula is C8H12N2O2. The van der Waals surface area contributed by atoms with Crippen LogP contribution in [0.4, 0.5) is 0 Å². The molecule has 1 aromatic heterocycles. The molecule has 0 aromatic carbocycles. The van der Waals surface area contributed by atoms with Gasteiger partial charge in [0.25, 0.3) is 0 Å². The third kappa shape index (κ3) is 1.84. The van der Waals surface area contributed by atoms with Gasteiger partial charge in [-0.25, -0.2) is 4.79 Å². The lowest BCUT2D eigenvalue weighted by molar-refractivity contribution is 0.0377. The number of rotatable bonds is 2. The number of aromatic amines is 1. The Morgan fingerprint density at radius 3 is 2.75 bits per heavy atom. The summed E-state index contributed by atoms with van der Waals surface area (Å²) in [4.78, 5) is 11.3. The van der Waals surface area contributed by atoms with Crippen molar-refractivity contribution < 1.29 is 9.53 Å². The first-order chi connectivity index (χ1) is 5.61. The van der Waals surface area contributed by atoms with Crippen LogP contribution in [-0.4, -0.2) is 22.3 Å². The number of nitrogens with zero attached hydrogens (tertiary/aromatic N) is 1. The maximum atomic E-state index is 11.3. The predicted molar refractivity (Wildman–Crippen MR) is 43.9 cm³/mol. The van der Waals surface area contributed by atoms with Crippen molar-refractivity contribution in [1.29, 1.82) is 0 Å². The third-order valence-electron chi connectivity index (χ3n) is 1.39. The maximum absolute atomic E-state index is 11.3. The average Bonchev–Trinajstić information content (AvgIpc) is 2.33. The Hall–Kier alpha value is -1.32. The molecule has 0 amide bonds. The van der Waals surface area contributed by atoms with Crippen LogP contribution in [0.25, 0.3) is 0 Å². The van der Waals surface area contributed by atoms with Gasteiger partial charge in [0.15, 0.2) is 0 Å². The number of hydrogen-bond donors (Lipinski definition) is 1. The summed E-state index contributed by atoms with van der Waals surface area (Å²) in [5, 5.41) is 6.40. The summed E-state index contributed by atoms with van der Waals surface area (Å²) >= 11 is 0. The molecule has 1 aromatic rings. The number of H-pyrrole nitrogens is 1. The molecule has 4 heteroatoms. The van der Waals surface area contributed by atoms with Gasteiger partial charge in [-0.3, -0.25) is 5.10 Å². The van der Waals surface area contributed by atoms with Gasteiger partial charge in [-0.15, -0.1) is 0 Å². The molecule has 0 aliphatic rings. The van der Waals surface area contributed by atoms with E-state index in [9.17, 15) is 4.79 Å². The van der Waals surface area contributed by atoms with Crippen molar-refractivity contribution in [2.75, 3.05) is 0 Å². The van der Waals surface area contributed by atoms with Crippen molar-refractivity contribution in [2.24, 2.45) is 0 Å². The molecule has 0 aliphatic heterocycles. The van der Waals surface area contributed by atoms with Crippen LogP contribution >= 0.6 is 0 Å². The first kappa shape index (κ1) is 8.77. The van der Waals surface area contributed by atoms with Crippen LogP contribution in [-0.2, 0) is 4.74 Å². The van der Waals surface area contributed by atoms with E-state index in [-0.39, 0.29) is 12.1 Å². The molecule has 0 atom stereocenters. The lowest BCUT2D eigenvalue weighted by Gasteiger charge is -2.06. The van der Waals surface area contributed by atoms with Crippen LogP contribution in [0.1, 0.15) is 29.9 Å². The summed E-state index contributed by atoms with van der Waals surface area (Å²) in [6, 6.07) is 0. The number of esters is 1. The second-order valence-electron chi connectivity index (χ2n) is 2.86. The zero-order chi connectivity index (χ0) is 9.14. The van der Waals surface area contributed by atoms with E-state index in [0.29, 0.717) is 5.56 Å². The monoisotopic (exact) mass is 168 g/mol. The van der Waals surface area contributed by atoms with E-state index < -0.39 is 0 Å². The van der Waals surface area contributed by atoms with E-state index in [1.807, 2.05) is 13.8 Å². The number of carbonyl (C=O) groups is 1. The minimum Gasteiger partial charge on any atom is -0.459 e. The maximum Gasteiger partial charge on any atom is 0.341 e. The Bertz CT molecular complexity index is 278. The fraction of sp³-hybridized carbons (Fsp3) is 0.500. The molecule has 0 bridgehead atoms. The molecule has 0 spiro atoms. The third-order valence-corrected chi connectivity index (χ3v) is 1.39. The van der Waals surface area contributed by atoms with Crippen molar-refractivity contribution in [3.05, 3.63) is 17.5 Å². The fourth-order valence-corrected chi connectivity index (χ4v) is 0.834. The average molecular weight is 168 g/mol. The van der Waals surface area contributed by atoms with Gasteiger partial charge in [-0.05, 0) is 20.8 Å². The smallest absolute Gasteiger partial charge is 0.341 e. The van der Waals surface area contributed by atoms with Gasteiger partial charge in [0.05, 0.1) is 12.3 Å². The first-order valence-corrected chi connectivity index (χ1v) is 3.82. The number of aryl methyl sites for hydroxylation is 1. The van der Waals surface area contributed by atoms with E-state index in [0.717, 1.165) is 5.69 Å². The van der Waals surface area contributed by atoms with E-state index >= 15 is 0 Å². The molecule has 0 saturated heterocycles. The van der Waals surface area contributed by atoms with Gasteiger partial charge < -0.3 is 4.74 Å². The van der Waals surface area contributed by atoms with Gasteiger partial charge >= 0.3 is 5.97 Å². The summed E-state index contributed by atoms with van der Waals surface area (Å²) in [5.74, 6) is -0.323. The Morgan fingerprint density at radius 1 is 1.67 bits per heavy atom. The number of aromatic nitrogens is 2. The zero-order valence-corrected chi connectivity index (χ0v) is 7.42. The van der Waals surface area contributed by atoms with Crippen LogP contribution in [0, 0.1) is 6.92 Å². The van der Waals surface area contributed by atoms with E-state index in [2.05, 4.69) is 10.2 Å². The molecule has 0 saturated carbocycles. The van der Waals surface area contributed by atoms with Crippen molar-refractivity contribution in [2.45, 2.75) is 26.9 Å². The van der Waals surface area contributed by atoms with E-state index in [1.54, 1.807) is 6.92 Å². The molecule has 1 heterocycles. The van der Waals surface area contributed by atoms with Crippen LogP contribution in [0.5, 0.6) is 0 Å². The Morgan fingerprint density at radius 2 is 2.33 bits per heavy atom. The molecule has 0 unspecified atom stereocenters. The van der Waals surface area contributed by atoms with E-state index in [1.165, 1.54) is 6.20 Å².